The maximum Gasteiger partial charge on any atom is 0.406 e. The summed E-state index contributed by atoms with van der Waals surface area (Å²) in [5, 5.41) is 3.53. The van der Waals surface area contributed by atoms with Gasteiger partial charge in [-0.1, -0.05) is 32.9 Å². The molecule has 2 rings (SSSR count). The molecule has 1 heterocycles. The van der Waals surface area contributed by atoms with Crippen LogP contribution in [0.5, 0.6) is 0 Å². The standard InChI is InChI=1S/C18H20F3NOS/c1-17(2,3)15-6-4-14(5-7-15)16(23)22(12-18(19,20)21)10-13-8-9-24-11-13/h4-9,11H,10,12H2,1-3H3. The van der Waals surface area contributed by atoms with Crippen molar-refractivity contribution >= 4 is 17.2 Å². The molecule has 0 saturated heterocycles. The number of alkyl halides is 3. The van der Waals surface area contributed by atoms with Crippen molar-refractivity contribution in [2.45, 2.75) is 38.9 Å². The molecule has 0 fully saturated rings. The van der Waals surface area contributed by atoms with Gasteiger partial charge in [0.15, 0.2) is 0 Å². The Hall–Kier alpha value is -1.82. The van der Waals surface area contributed by atoms with E-state index >= 15 is 0 Å². The second kappa shape index (κ2) is 6.97. The molecule has 0 spiro atoms. The van der Waals surface area contributed by atoms with Gasteiger partial charge in [0.1, 0.15) is 6.54 Å². The van der Waals surface area contributed by atoms with Crippen LogP contribution in [0.3, 0.4) is 0 Å². The average Bonchev–Trinajstić information content (AvgIpc) is 2.96. The van der Waals surface area contributed by atoms with E-state index in [2.05, 4.69) is 0 Å². The van der Waals surface area contributed by atoms with Gasteiger partial charge < -0.3 is 4.90 Å². The number of nitrogens with zero attached hydrogens (tertiary/aromatic N) is 1. The molecule has 0 aliphatic heterocycles. The van der Waals surface area contributed by atoms with Crippen molar-refractivity contribution in [2.75, 3.05) is 6.54 Å². The molecular formula is C18H20F3NOS. The van der Waals surface area contributed by atoms with Gasteiger partial charge in [-0.2, -0.15) is 24.5 Å². The zero-order chi connectivity index (χ0) is 18.0. The third-order valence-corrected chi connectivity index (χ3v) is 4.34. The Kier molecular flexibility index (Phi) is 5.38. The highest BCUT2D eigenvalue weighted by atomic mass is 32.1. The van der Waals surface area contributed by atoms with Gasteiger partial charge in [0.25, 0.3) is 5.91 Å². The number of amides is 1. The third kappa shape index (κ3) is 5.09. The van der Waals surface area contributed by atoms with Crippen molar-refractivity contribution < 1.29 is 18.0 Å². The first-order valence-electron chi connectivity index (χ1n) is 7.54. The molecule has 6 heteroatoms. The van der Waals surface area contributed by atoms with Crippen molar-refractivity contribution in [1.29, 1.82) is 0 Å². The van der Waals surface area contributed by atoms with Crippen molar-refractivity contribution in [1.82, 2.24) is 4.90 Å². The number of halogens is 3. The van der Waals surface area contributed by atoms with Crippen LogP contribution in [0, 0.1) is 0 Å². The second-order valence-corrected chi connectivity index (χ2v) is 7.52. The van der Waals surface area contributed by atoms with E-state index in [1.807, 2.05) is 20.8 Å². The Bertz CT molecular complexity index is 670. The van der Waals surface area contributed by atoms with Gasteiger partial charge in [-0.25, -0.2) is 0 Å². The summed E-state index contributed by atoms with van der Waals surface area (Å²) in [6, 6.07) is 8.51. The summed E-state index contributed by atoms with van der Waals surface area (Å²) < 4.78 is 38.5. The average molecular weight is 355 g/mol. The van der Waals surface area contributed by atoms with Crippen molar-refractivity contribution in [3.05, 3.63) is 57.8 Å². The number of carbonyl (C=O) groups is 1. The zero-order valence-corrected chi connectivity index (χ0v) is 14.7. The Morgan fingerprint density at radius 1 is 1.08 bits per heavy atom. The highest BCUT2D eigenvalue weighted by Crippen LogP contribution is 2.24. The first-order chi connectivity index (χ1) is 11.1. The third-order valence-electron chi connectivity index (χ3n) is 3.61. The topological polar surface area (TPSA) is 20.3 Å². The molecule has 0 saturated carbocycles. The van der Waals surface area contributed by atoms with Crippen LogP contribution in [0.1, 0.15) is 42.3 Å². The molecule has 1 amide bonds. The van der Waals surface area contributed by atoms with Crippen molar-refractivity contribution in [2.24, 2.45) is 0 Å². The van der Waals surface area contributed by atoms with Gasteiger partial charge in [-0.15, -0.1) is 0 Å². The predicted molar refractivity (Wildman–Crippen MR) is 90.3 cm³/mol. The molecule has 0 aliphatic rings. The number of hydrogen-bond donors (Lipinski definition) is 0. The Balaban J connectivity index is 2.23. The lowest BCUT2D eigenvalue weighted by Gasteiger charge is -2.24. The van der Waals surface area contributed by atoms with E-state index in [4.69, 9.17) is 0 Å². The first-order valence-corrected chi connectivity index (χ1v) is 8.48. The fourth-order valence-corrected chi connectivity index (χ4v) is 2.97. The molecule has 0 bridgehead atoms. The maximum absolute atomic E-state index is 12.8. The van der Waals surface area contributed by atoms with E-state index in [-0.39, 0.29) is 17.5 Å². The Morgan fingerprint density at radius 3 is 2.17 bits per heavy atom. The van der Waals surface area contributed by atoms with Gasteiger partial charge in [-0.3, -0.25) is 4.79 Å². The van der Waals surface area contributed by atoms with Gasteiger partial charge >= 0.3 is 6.18 Å². The molecular weight excluding hydrogens is 335 g/mol. The minimum atomic E-state index is -4.43. The van der Waals surface area contributed by atoms with Gasteiger partial charge in [0, 0.05) is 12.1 Å². The van der Waals surface area contributed by atoms with Crippen LogP contribution in [0.15, 0.2) is 41.1 Å². The summed E-state index contributed by atoms with van der Waals surface area (Å²) in [7, 11) is 0. The largest absolute Gasteiger partial charge is 0.406 e. The minimum absolute atomic E-state index is 0.0527. The molecule has 2 aromatic rings. The lowest BCUT2D eigenvalue weighted by Crippen LogP contribution is -2.38. The Labute approximate surface area is 143 Å². The van der Waals surface area contributed by atoms with Crippen LogP contribution in [0.4, 0.5) is 13.2 Å². The van der Waals surface area contributed by atoms with E-state index in [0.29, 0.717) is 5.56 Å². The van der Waals surface area contributed by atoms with Crippen LogP contribution < -0.4 is 0 Å². The molecule has 1 aromatic heterocycles. The maximum atomic E-state index is 12.8. The summed E-state index contributed by atoms with van der Waals surface area (Å²) in [6.07, 6.45) is -4.43. The fourth-order valence-electron chi connectivity index (χ4n) is 2.31. The summed E-state index contributed by atoms with van der Waals surface area (Å²) in [4.78, 5) is 13.4. The van der Waals surface area contributed by atoms with Crippen LogP contribution in [0.25, 0.3) is 0 Å². The number of hydrogen-bond acceptors (Lipinski definition) is 2. The highest BCUT2D eigenvalue weighted by Gasteiger charge is 2.33. The number of rotatable bonds is 4. The fraction of sp³-hybridized carbons (Fsp3) is 0.389. The smallest absolute Gasteiger partial charge is 0.325 e. The Morgan fingerprint density at radius 2 is 1.71 bits per heavy atom. The van der Waals surface area contributed by atoms with Crippen molar-refractivity contribution in [3.8, 4) is 0 Å². The monoisotopic (exact) mass is 355 g/mol. The first kappa shape index (κ1) is 18.5. The van der Waals surface area contributed by atoms with Crippen LogP contribution in [-0.4, -0.2) is 23.5 Å². The van der Waals surface area contributed by atoms with E-state index in [1.54, 1.807) is 41.1 Å². The van der Waals surface area contributed by atoms with Gasteiger partial charge in [0.2, 0.25) is 0 Å². The SMILES string of the molecule is CC(C)(C)c1ccc(C(=O)N(Cc2ccsc2)CC(F)(F)F)cc1. The zero-order valence-electron chi connectivity index (χ0n) is 13.9. The number of benzene rings is 1. The molecule has 0 unspecified atom stereocenters. The summed E-state index contributed by atoms with van der Waals surface area (Å²) in [6.45, 7) is 4.80. The quantitative estimate of drug-likeness (QED) is 0.733. The molecule has 1 aromatic carbocycles. The lowest BCUT2D eigenvalue weighted by atomic mass is 9.86. The molecule has 130 valence electrons. The lowest BCUT2D eigenvalue weighted by molar-refractivity contribution is -0.141. The van der Waals surface area contributed by atoms with Crippen LogP contribution >= 0.6 is 11.3 Å². The molecule has 0 radical (unpaired) electrons. The van der Waals surface area contributed by atoms with E-state index < -0.39 is 18.6 Å². The van der Waals surface area contributed by atoms with Crippen LogP contribution in [0.2, 0.25) is 0 Å². The summed E-state index contributed by atoms with van der Waals surface area (Å²) in [5.41, 5.74) is 1.91. The molecule has 0 aliphatic carbocycles. The molecule has 2 nitrogen and oxygen atoms in total. The number of carbonyl (C=O) groups excluding carboxylic acids is 1. The van der Waals surface area contributed by atoms with Gasteiger partial charge in [-0.05, 0) is 45.5 Å². The normalized spacial score (nSPS) is 12.2. The van der Waals surface area contributed by atoms with Gasteiger partial charge in [0.05, 0.1) is 0 Å². The highest BCUT2D eigenvalue weighted by molar-refractivity contribution is 7.07. The van der Waals surface area contributed by atoms with E-state index in [0.717, 1.165) is 10.5 Å². The predicted octanol–water partition coefficient (Wildman–Crippen LogP) is 5.25. The second-order valence-electron chi connectivity index (χ2n) is 6.74. The molecule has 24 heavy (non-hydrogen) atoms. The van der Waals surface area contributed by atoms with E-state index in [1.165, 1.54) is 11.3 Å². The molecule has 0 N–H and O–H groups in total. The summed E-state index contributed by atoms with van der Waals surface area (Å²) in [5.74, 6) is -0.612. The molecule has 0 atom stereocenters. The van der Waals surface area contributed by atoms with E-state index in [9.17, 15) is 18.0 Å². The van der Waals surface area contributed by atoms with Crippen LogP contribution in [-0.2, 0) is 12.0 Å². The number of thiophene rings is 1. The minimum Gasteiger partial charge on any atom is -0.325 e. The van der Waals surface area contributed by atoms with Crippen molar-refractivity contribution in [3.63, 3.8) is 0 Å². The summed E-state index contributed by atoms with van der Waals surface area (Å²) >= 11 is 1.39.